The lowest BCUT2D eigenvalue weighted by molar-refractivity contribution is -0.134. The average molecular weight is 282 g/mol. The van der Waals surface area contributed by atoms with Crippen LogP contribution in [-0.4, -0.2) is 35.5 Å². The highest BCUT2D eigenvalue weighted by molar-refractivity contribution is 7.15. The number of ether oxygens (including phenoxy) is 1. The van der Waals surface area contributed by atoms with Gasteiger partial charge in [0.05, 0.1) is 25.0 Å². The van der Waals surface area contributed by atoms with Gasteiger partial charge in [-0.25, -0.2) is 4.98 Å². The van der Waals surface area contributed by atoms with E-state index in [9.17, 15) is 13.2 Å². The molecule has 0 radical (unpaired) electrons. The van der Waals surface area contributed by atoms with Gasteiger partial charge in [-0.15, -0.1) is 0 Å². The van der Waals surface area contributed by atoms with Gasteiger partial charge in [-0.2, -0.15) is 13.2 Å². The molecule has 0 spiro atoms. The summed E-state index contributed by atoms with van der Waals surface area (Å²) in [4.78, 5) is 2.95. The molecule has 1 saturated heterocycles. The van der Waals surface area contributed by atoms with E-state index in [2.05, 4.69) is 10.3 Å². The quantitative estimate of drug-likeness (QED) is 0.888. The van der Waals surface area contributed by atoms with E-state index in [-0.39, 0.29) is 23.9 Å². The number of alkyl halides is 3. The van der Waals surface area contributed by atoms with Crippen molar-refractivity contribution >= 4 is 16.5 Å². The highest BCUT2D eigenvalue weighted by atomic mass is 32.1. The number of halogens is 3. The topological polar surface area (TPSA) is 54.4 Å². The molecule has 4 nitrogen and oxygen atoms in total. The smallest absolute Gasteiger partial charge is 0.394 e. The predicted molar refractivity (Wildman–Crippen MR) is 60.6 cm³/mol. The Morgan fingerprint density at radius 1 is 1.44 bits per heavy atom. The summed E-state index contributed by atoms with van der Waals surface area (Å²) < 4.78 is 42.4. The van der Waals surface area contributed by atoms with Gasteiger partial charge >= 0.3 is 6.18 Å². The molecule has 2 heterocycles. The van der Waals surface area contributed by atoms with E-state index in [0.29, 0.717) is 17.9 Å². The van der Waals surface area contributed by atoms with Gasteiger partial charge in [0.2, 0.25) is 0 Å². The fourth-order valence-electron chi connectivity index (χ4n) is 1.75. The first-order valence-corrected chi connectivity index (χ1v) is 6.34. The van der Waals surface area contributed by atoms with Crippen molar-refractivity contribution in [3.63, 3.8) is 0 Å². The molecule has 0 unspecified atom stereocenters. The molecule has 1 aliphatic heterocycles. The Bertz CT molecular complexity index is 397. The number of anilines is 1. The first-order chi connectivity index (χ1) is 8.49. The zero-order valence-corrected chi connectivity index (χ0v) is 10.2. The lowest BCUT2D eigenvalue weighted by atomic mass is 10.2. The van der Waals surface area contributed by atoms with Gasteiger partial charge in [0, 0.05) is 6.54 Å². The molecule has 102 valence electrons. The Balaban J connectivity index is 1.82. The molecule has 1 aliphatic rings. The van der Waals surface area contributed by atoms with Crippen molar-refractivity contribution in [2.75, 3.05) is 18.5 Å². The van der Waals surface area contributed by atoms with Gasteiger partial charge in [0.15, 0.2) is 5.13 Å². The number of aromatic nitrogens is 1. The summed E-state index contributed by atoms with van der Waals surface area (Å²) in [5, 5.41) is 11.9. The summed E-state index contributed by atoms with van der Waals surface area (Å²) in [6.45, 7) is 0.382. The van der Waals surface area contributed by atoms with Crippen LogP contribution in [0.2, 0.25) is 0 Å². The lowest BCUT2D eigenvalue weighted by Crippen LogP contribution is -2.21. The minimum Gasteiger partial charge on any atom is -0.394 e. The summed E-state index contributed by atoms with van der Waals surface area (Å²) in [5.41, 5.74) is 0. The van der Waals surface area contributed by atoms with E-state index in [1.54, 1.807) is 0 Å². The molecule has 1 aromatic heterocycles. The third kappa shape index (κ3) is 3.33. The largest absolute Gasteiger partial charge is 0.427 e. The van der Waals surface area contributed by atoms with Crippen LogP contribution in [0.4, 0.5) is 18.3 Å². The normalized spacial score (nSPS) is 24.4. The zero-order valence-electron chi connectivity index (χ0n) is 9.41. The minimum atomic E-state index is -4.34. The maximum Gasteiger partial charge on any atom is 0.427 e. The standard InChI is InChI=1S/C10H13F3N2O2S/c11-10(12,13)8-4-15-9(18-8)14-3-6-1-2-7(5-16)17-6/h4,6-7,16H,1-3,5H2,(H,14,15)/t6-,7+/m1/s1. The van der Waals surface area contributed by atoms with Crippen LogP contribution in [0.3, 0.4) is 0 Å². The number of aliphatic hydroxyl groups excluding tert-OH is 1. The van der Waals surface area contributed by atoms with Crippen molar-refractivity contribution in [1.82, 2.24) is 4.98 Å². The maximum atomic E-state index is 12.3. The number of rotatable bonds is 4. The zero-order chi connectivity index (χ0) is 13.2. The minimum absolute atomic E-state index is 0.0219. The molecule has 0 amide bonds. The van der Waals surface area contributed by atoms with Gasteiger partial charge in [0.1, 0.15) is 4.88 Å². The number of hydrogen-bond acceptors (Lipinski definition) is 5. The molecular formula is C10H13F3N2O2S. The second-order valence-corrected chi connectivity index (χ2v) is 5.08. The Morgan fingerprint density at radius 3 is 2.72 bits per heavy atom. The van der Waals surface area contributed by atoms with Crippen LogP contribution >= 0.6 is 11.3 Å². The molecule has 0 aliphatic carbocycles. The van der Waals surface area contributed by atoms with Crippen LogP contribution in [0.1, 0.15) is 17.7 Å². The van der Waals surface area contributed by atoms with E-state index in [4.69, 9.17) is 9.84 Å². The van der Waals surface area contributed by atoms with Crippen molar-refractivity contribution in [3.8, 4) is 0 Å². The fraction of sp³-hybridized carbons (Fsp3) is 0.700. The number of nitrogens with one attached hydrogen (secondary N) is 1. The first-order valence-electron chi connectivity index (χ1n) is 5.52. The molecule has 8 heteroatoms. The van der Waals surface area contributed by atoms with Gasteiger partial charge in [-0.05, 0) is 12.8 Å². The van der Waals surface area contributed by atoms with Crippen LogP contribution in [0.15, 0.2) is 6.20 Å². The van der Waals surface area contributed by atoms with Crippen LogP contribution in [-0.2, 0) is 10.9 Å². The van der Waals surface area contributed by atoms with Crippen molar-refractivity contribution in [1.29, 1.82) is 0 Å². The average Bonchev–Trinajstić information content (AvgIpc) is 2.94. The van der Waals surface area contributed by atoms with Gasteiger partial charge in [-0.3, -0.25) is 0 Å². The fourth-order valence-corrected chi connectivity index (χ4v) is 2.44. The monoisotopic (exact) mass is 282 g/mol. The third-order valence-electron chi connectivity index (χ3n) is 2.67. The SMILES string of the molecule is OC[C@@H]1CC[C@H](CNc2ncc(C(F)(F)F)s2)O1. The van der Waals surface area contributed by atoms with Crippen molar-refractivity contribution in [2.45, 2.75) is 31.2 Å². The molecule has 2 rings (SSSR count). The second kappa shape index (κ2) is 5.41. The van der Waals surface area contributed by atoms with Crippen molar-refractivity contribution in [3.05, 3.63) is 11.1 Å². The van der Waals surface area contributed by atoms with Gasteiger partial charge in [-0.1, -0.05) is 11.3 Å². The number of thiazole rings is 1. The summed E-state index contributed by atoms with van der Waals surface area (Å²) in [6, 6.07) is 0. The Hall–Kier alpha value is -0.860. The second-order valence-electron chi connectivity index (χ2n) is 4.05. The van der Waals surface area contributed by atoms with E-state index in [1.807, 2.05) is 0 Å². The van der Waals surface area contributed by atoms with E-state index in [0.717, 1.165) is 19.0 Å². The molecule has 1 aromatic rings. The van der Waals surface area contributed by atoms with E-state index in [1.165, 1.54) is 0 Å². The van der Waals surface area contributed by atoms with E-state index >= 15 is 0 Å². The Labute approximate surface area is 106 Å². The molecule has 18 heavy (non-hydrogen) atoms. The van der Waals surface area contributed by atoms with Gasteiger partial charge < -0.3 is 15.2 Å². The molecular weight excluding hydrogens is 269 g/mol. The van der Waals surface area contributed by atoms with E-state index < -0.39 is 11.1 Å². The van der Waals surface area contributed by atoms with Crippen LogP contribution in [0, 0.1) is 0 Å². The lowest BCUT2D eigenvalue weighted by Gasteiger charge is -2.12. The Morgan fingerprint density at radius 2 is 2.17 bits per heavy atom. The molecule has 0 saturated carbocycles. The van der Waals surface area contributed by atoms with Crippen LogP contribution in [0.5, 0.6) is 0 Å². The molecule has 1 fully saturated rings. The molecule has 0 bridgehead atoms. The third-order valence-corrected chi connectivity index (χ3v) is 3.67. The maximum absolute atomic E-state index is 12.3. The highest BCUT2D eigenvalue weighted by Gasteiger charge is 2.33. The number of hydrogen-bond donors (Lipinski definition) is 2. The predicted octanol–water partition coefficient (Wildman–Crippen LogP) is 2.11. The van der Waals surface area contributed by atoms with Crippen LogP contribution < -0.4 is 5.32 Å². The molecule has 0 aromatic carbocycles. The number of nitrogens with zero attached hydrogens (tertiary/aromatic N) is 1. The first kappa shape index (κ1) is 13.6. The number of aliphatic hydroxyl groups is 1. The van der Waals surface area contributed by atoms with Gasteiger partial charge in [0.25, 0.3) is 0 Å². The summed E-state index contributed by atoms with van der Waals surface area (Å²) in [6.07, 6.45) is -2.20. The van der Waals surface area contributed by atoms with Crippen LogP contribution in [0.25, 0.3) is 0 Å². The highest BCUT2D eigenvalue weighted by Crippen LogP contribution is 2.35. The Kier molecular flexibility index (Phi) is 4.08. The molecule has 2 atom stereocenters. The van der Waals surface area contributed by atoms with Crippen molar-refractivity contribution < 1.29 is 23.0 Å². The summed E-state index contributed by atoms with van der Waals surface area (Å²) >= 11 is 0.578. The summed E-state index contributed by atoms with van der Waals surface area (Å²) in [5.74, 6) is 0. The molecule has 2 N–H and O–H groups in total. The van der Waals surface area contributed by atoms with Crippen molar-refractivity contribution in [2.24, 2.45) is 0 Å². The summed E-state index contributed by atoms with van der Waals surface area (Å²) in [7, 11) is 0.